The van der Waals surface area contributed by atoms with Crippen molar-refractivity contribution in [3.8, 4) is 5.75 Å². The number of rotatable bonds is 3. The summed E-state index contributed by atoms with van der Waals surface area (Å²) < 4.78 is 11.3. The van der Waals surface area contributed by atoms with E-state index in [1.807, 2.05) is 45.9 Å². The zero-order valence-corrected chi connectivity index (χ0v) is 13.5. The second-order valence-electron chi connectivity index (χ2n) is 5.26. The molecule has 0 saturated heterocycles. The molecule has 1 atom stereocenters. The molecule has 0 radical (unpaired) electrons. The van der Waals surface area contributed by atoms with Crippen molar-refractivity contribution >= 4 is 22.0 Å². The van der Waals surface area contributed by atoms with E-state index in [-0.39, 0.29) is 6.04 Å². The molecule has 0 aliphatic rings. The molecule has 0 aromatic heterocycles. The van der Waals surface area contributed by atoms with Crippen molar-refractivity contribution in [2.75, 3.05) is 7.11 Å². The normalized spacial score (nSPS) is 12.7. The highest BCUT2D eigenvalue weighted by Gasteiger charge is 2.19. The number of hydrogen-bond donors (Lipinski definition) is 1. The molecule has 0 bridgehead atoms. The summed E-state index contributed by atoms with van der Waals surface area (Å²) in [6.07, 6.45) is -0.435. The fraction of sp³-hybridized carbons (Fsp3) is 0.500. The lowest BCUT2D eigenvalue weighted by Crippen LogP contribution is -2.34. The van der Waals surface area contributed by atoms with Crippen LogP contribution in [-0.2, 0) is 4.74 Å². The maximum Gasteiger partial charge on any atom is 0.408 e. The van der Waals surface area contributed by atoms with Gasteiger partial charge in [0.05, 0.1) is 13.2 Å². The summed E-state index contributed by atoms with van der Waals surface area (Å²) in [4.78, 5) is 11.7. The van der Waals surface area contributed by atoms with Crippen LogP contribution >= 0.6 is 15.9 Å². The summed E-state index contributed by atoms with van der Waals surface area (Å²) in [6, 6.07) is 5.45. The standard InChI is InChI=1S/C14H20BrNO3/c1-9(16-13(17)19-14(2,3)4)11-8-10(18-5)6-7-12(11)15/h6-9H,1-5H3,(H,16,17)/t9-/m1/s1. The number of alkyl carbamates (subject to hydrolysis) is 1. The quantitative estimate of drug-likeness (QED) is 0.910. The van der Waals surface area contributed by atoms with Gasteiger partial charge in [0.1, 0.15) is 11.4 Å². The lowest BCUT2D eigenvalue weighted by molar-refractivity contribution is 0.0507. The number of ether oxygens (including phenoxy) is 2. The molecule has 4 nitrogen and oxygen atoms in total. The molecule has 0 unspecified atom stereocenters. The van der Waals surface area contributed by atoms with Crippen LogP contribution in [0.2, 0.25) is 0 Å². The number of halogens is 1. The van der Waals surface area contributed by atoms with E-state index in [0.717, 1.165) is 15.8 Å². The fourth-order valence-electron chi connectivity index (χ4n) is 1.54. The van der Waals surface area contributed by atoms with E-state index in [1.165, 1.54) is 0 Å². The Morgan fingerprint density at radius 1 is 1.37 bits per heavy atom. The van der Waals surface area contributed by atoms with Crippen LogP contribution in [0.5, 0.6) is 5.75 Å². The molecule has 1 amide bonds. The Morgan fingerprint density at radius 2 is 2.00 bits per heavy atom. The van der Waals surface area contributed by atoms with Crippen molar-refractivity contribution in [1.82, 2.24) is 5.32 Å². The number of benzene rings is 1. The first-order valence-corrected chi connectivity index (χ1v) is 6.85. The Kier molecular flexibility index (Phi) is 5.23. The Labute approximate surface area is 122 Å². The molecule has 0 aliphatic carbocycles. The Hall–Kier alpha value is -1.23. The number of methoxy groups -OCH3 is 1. The van der Waals surface area contributed by atoms with E-state index in [0.29, 0.717) is 0 Å². The van der Waals surface area contributed by atoms with Crippen LogP contribution in [0.15, 0.2) is 22.7 Å². The Morgan fingerprint density at radius 3 is 2.53 bits per heavy atom. The number of nitrogens with one attached hydrogen (secondary N) is 1. The molecule has 0 aliphatic heterocycles. The van der Waals surface area contributed by atoms with Crippen LogP contribution < -0.4 is 10.1 Å². The van der Waals surface area contributed by atoms with Gasteiger partial charge in [0.25, 0.3) is 0 Å². The SMILES string of the molecule is COc1ccc(Br)c([C@@H](C)NC(=O)OC(C)(C)C)c1. The van der Waals surface area contributed by atoms with Crippen LogP contribution in [0, 0.1) is 0 Å². The van der Waals surface area contributed by atoms with Gasteiger partial charge in [-0.2, -0.15) is 0 Å². The monoisotopic (exact) mass is 329 g/mol. The van der Waals surface area contributed by atoms with Crippen molar-refractivity contribution in [3.05, 3.63) is 28.2 Å². The molecule has 1 aromatic carbocycles. The molecule has 19 heavy (non-hydrogen) atoms. The van der Waals surface area contributed by atoms with Gasteiger partial charge in [-0.05, 0) is 51.5 Å². The molecule has 106 valence electrons. The van der Waals surface area contributed by atoms with E-state index >= 15 is 0 Å². The molecule has 0 heterocycles. The second kappa shape index (κ2) is 6.28. The van der Waals surface area contributed by atoms with Gasteiger partial charge in [0, 0.05) is 4.47 Å². The molecule has 1 aromatic rings. The largest absolute Gasteiger partial charge is 0.497 e. The number of hydrogen-bond acceptors (Lipinski definition) is 3. The minimum atomic E-state index is -0.505. The highest BCUT2D eigenvalue weighted by Crippen LogP contribution is 2.27. The van der Waals surface area contributed by atoms with E-state index < -0.39 is 11.7 Å². The zero-order valence-electron chi connectivity index (χ0n) is 11.9. The van der Waals surface area contributed by atoms with Crippen LogP contribution in [0.25, 0.3) is 0 Å². The molecular weight excluding hydrogens is 310 g/mol. The van der Waals surface area contributed by atoms with Crippen molar-refractivity contribution < 1.29 is 14.3 Å². The maximum atomic E-state index is 11.7. The third kappa shape index (κ3) is 5.11. The summed E-state index contributed by atoms with van der Waals surface area (Å²) >= 11 is 3.46. The van der Waals surface area contributed by atoms with Crippen LogP contribution in [0.1, 0.15) is 39.3 Å². The highest BCUT2D eigenvalue weighted by molar-refractivity contribution is 9.10. The van der Waals surface area contributed by atoms with Crippen molar-refractivity contribution in [2.45, 2.75) is 39.3 Å². The summed E-state index contributed by atoms with van der Waals surface area (Å²) in [7, 11) is 1.61. The van der Waals surface area contributed by atoms with Gasteiger partial charge in [-0.15, -0.1) is 0 Å². The first-order chi connectivity index (χ1) is 8.73. The smallest absolute Gasteiger partial charge is 0.408 e. The first kappa shape index (κ1) is 15.8. The molecule has 1 N–H and O–H groups in total. The Balaban J connectivity index is 2.78. The number of carbonyl (C=O) groups excluding carboxylic acids is 1. The average molecular weight is 330 g/mol. The van der Waals surface area contributed by atoms with Crippen molar-refractivity contribution in [1.29, 1.82) is 0 Å². The van der Waals surface area contributed by atoms with E-state index in [9.17, 15) is 4.79 Å². The van der Waals surface area contributed by atoms with Gasteiger partial charge in [-0.25, -0.2) is 4.79 Å². The molecule has 1 rings (SSSR count). The number of carbonyl (C=O) groups is 1. The van der Waals surface area contributed by atoms with E-state index in [1.54, 1.807) is 7.11 Å². The van der Waals surface area contributed by atoms with E-state index in [4.69, 9.17) is 9.47 Å². The van der Waals surface area contributed by atoms with Gasteiger partial charge < -0.3 is 14.8 Å². The molecule has 0 saturated carbocycles. The van der Waals surface area contributed by atoms with Crippen LogP contribution in [0.3, 0.4) is 0 Å². The predicted molar refractivity (Wildman–Crippen MR) is 78.5 cm³/mol. The lowest BCUT2D eigenvalue weighted by atomic mass is 10.1. The third-order valence-corrected chi connectivity index (χ3v) is 3.13. The van der Waals surface area contributed by atoms with Crippen molar-refractivity contribution in [3.63, 3.8) is 0 Å². The topological polar surface area (TPSA) is 47.6 Å². The average Bonchev–Trinajstić information content (AvgIpc) is 2.26. The minimum absolute atomic E-state index is 0.181. The van der Waals surface area contributed by atoms with E-state index in [2.05, 4.69) is 21.2 Å². The second-order valence-corrected chi connectivity index (χ2v) is 6.11. The summed E-state index contributed by atoms with van der Waals surface area (Å²) in [5.74, 6) is 0.746. The molecule has 0 spiro atoms. The zero-order chi connectivity index (χ0) is 14.6. The molecule has 5 heteroatoms. The van der Waals surface area contributed by atoms with Gasteiger partial charge in [-0.1, -0.05) is 15.9 Å². The minimum Gasteiger partial charge on any atom is -0.497 e. The van der Waals surface area contributed by atoms with Gasteiger partial charge in [-0.3, -0.25) is 0 Å². The third-order valence-electron chi connectivity index (χ3n) is 2.40. The fourth-order valence-corrected chi connectivity index (χ4v) is 2.13. The summed E-state index contributed by atoms with van der Waals surface area (Å²) in [5.41, 5.74) is 0.431. The molecular formula is C14H20BrNO3. The molecule has 0 fully saturated rings. The summed E-state index contributed by atoms with van der Waals surface area (Å²) in [6.45, 7) is 7.39. The van der Waals surface area contributed by atoms with Crippen LogP contribution in [0.4, 0.5) is 4.79 Å². The summed E-state index contributed by atoms with van der Waals surface area (Å²) in [5, 5.41) is 2.80. The van der Waals surface area contributed by atoms with Gasteiger partial charge in [0.2, 0.25) is 0 Å². The highest BCUT2D eigenvalue weighted by atomic mass is 79.9. The maximum absolute atomic E-state index is 11.7. The van der Waals surface area contributed by atoms with Gasteiger partial charge >= 0.3 is 6.09 Å². The number of amides is 1. The van der Waals surface area contributed by atoms with Crippen LogP contribution in [-0.4, -0.2) is 18.8 Å². The lowest BCUT2D eigenvalue weighted by Gasteiger charge is -2.22. The van der Waals surface area contributed by atoms with Crippen molar-refractivity contribution in [2.24, 2.45) is 0 Å². The Bertz CT molecular complexity index is 454. The predicted octanol–water partition coefficient (Wildman–Crippen LogP) is 4.04. The van der Waals surface area contributed by atoms with Gasteiger partial charge in [0.15, 0.2) is 0 Å². The first-order valence-electron chi connectivity index (χ1n) is 6.06.